The van der Waals surface area contributed by atoms with Crippen LogP contribution in [0.2, 0.25) is 0 Å². The lowest BCUT2D eigenvalue weighted by Crippen LogP contribution is -2.70. The molecule has 0 radical (unpaired) electrons. The van der Waals surface area contributed by atoms with Crippen LogP contribution in [0.1, 0.15) is 72.1 Å². The van der Waals surface area contributed by atoms with Gasteiger partial charge in [0.2, 0.25) is 5.79 Å². The molecular weight excluding hydrogens is 348 g/mol. The van der Waals surface area contributed by atoms with Gasteiger partial charge < -0.3 is 19.3 Å². The van der Waals surface area contributed by atoms with Crippen LogP contribution in [-0.2, 0) is 24.0 Å². The Kier molecular flexibility index (Phi) is 5.85. The Morgan fingerprint density at radius 1 is 1.00 bits per heavy atom. The second kappa shape index (κ2) is 7.88. The van der Waals surface area contributed by atoms with Crippen molar-refractivity contribution in [3.05, 3.63) is 0 Å². The fourth-order valence-corrected chi connectivity index (χ4v) is 5.83. The van der Waals surface area contributed by atoms with E-state index in [1.165, 1.54) is 6.42 Å². The zero-order valence-corrected chi connectivity index (χ0v) is 17.0. The monoisotopic (exact) mass is 384 g/mol. The van der Waals surface area contributed by atoms with E-state index in [-0.39, 0.29) is 18.8 Å². The van der Waals surface area contributed by atoms with Gasteiger partial charge in [-0.3, -0.25) is 0 Å². The first-order valence-electron chi connectivity index (χ1n) is 10.9. The van der Waals surface area contributed by atoms with Crippen molar-refractivity contribution < 1.29 is 29.1 Å². The predicted octanol–water partition coefficient (Wildman–Crippen LogP) is 3.76. The molecule has 6 heteroatoms. The maximum atomic E-state index is 8.88. The third kappa shape index (κ3) is 3.47. The van der Waals surface area contributed by atoms with Gasteiger partial charge in [-0.25, -0.2) is 9.78 Å². The number of aliphatic hydroxyl groups is 1. The van der Waals surface area contributed by atoms with E-state index in [1.807, 2.05) is 6.92 Å². The molecule has 156 valence electrons. The first-order valence-corrected chi connectivity index (χ1v) is 10.9. The van der Waals surface area contributed by atoms with Crippen molar-refractivity contribution in [1.29, 1.82) is 0 Å². The summed E-state index contributed by atoms with van der Waals surface area (Å²) in [5, 5.41) is 8.88. The Hall–Kier alpha value is -0.240. The van der Waals surface area contributed by atoms with Gasteiger partial charge in [-0.15, -0.1) is 0 Å². The third-order valence-corrected chi connectivity index (χ3v) is 7.43. The molecule has 0 unspecified atom stereocenters. The van der Waals surface area contributed by atoms with Crippen molar-refractivity contribution in [2.45, 2.75) is 96.1 Å². The maximum Gasteiger partial charge on any atom is 0.201 e. The normalized spacial score (nSPS) is 48.9. The van der Waals surface area contributed by atoms with Gasteiger partial charge >= 0.3 is 0 Å². The van der Waals surface area contributed by atoms with Crippen LogP contribution in [0.3, 0.4) is 0 Å². The minimum Gasteiger partial charge on any atom is -0.396 e. The maximum absolute atomic E-state index is 8.88. The standard InChI is InChI=1S/C21H36O6/c1-14-8-9-17-15(2)18(23-13-7-5-4-6-12-22)24-19-21(17)16(14)10-11-20(3,25-19)26-27-21/h14-19,22H,4-13H2,1-3H3/t14-,15-,16+,17+,18+,19-,20+,21-/m1/s1. The fourth-order valence-electron chi connectivity index (χ4n) is 5.83. The van der Waals surface area contributed by atoms with Crippen molar-refractivity contribution in [1.82, 2.24) is 0 Å². The van der Waals surface area contributed by atoms with Crippen molar-refractivity contribution >= 4 is 0 Å². The summed E-state index contributed by atoms with van der Waals surface area (Å²) < 4.78 is 18.9. The molecule has 0 aromatic rings. The molecule has 6 nitrogen and oxygen atoms in total. The second-order valence-corrected chi connectivity index (χ2v) is 9.28. The molecule has 4 saturated heterocycles. The average molecular weight is 385 g/mol. The van der Waals surface area contributed by atoms with E-state index < -0.39 is 17.7 Å². The summed E-state index contributed by atoms with van der Waals surface area (Å²) in [6.45, 7) is 7.46. The van der Waals surface area contributed by atoms with Gasteiger partial charge in [0.05, 0.1) is 0 Å². The van der Waals surface area contributed by atoms with E-state index in [0.29, 0.717) is 24.4 Å². The third-order valence-electron chi connectivity index (χ3n) is 7.43. The van der Waals surface area contributed by atoms with Crippen molar-refractivity contribution in [2.75, 3.05) is 13.2 Å². The molecule has 4 aliphatic heterocycles. The highest BCUT2D eigenvalue weighted by Gasteiger charge is 2.69. The Morgan fingerprint density at radius 3 is 2.63 bits per heavy atom. The molecule has 0 amide bonds. The molecule has 5 rings (SSSR count). The SMILES string of the molecule is C[C@H]1[C@@H](OCCCCCCO)O[C@@H]2O[C@]3(C)CC[C@H]4[C@H](C)CC[C@@H]1[C@@]24OO3. The van der Waals surface area contributed by atoms with E-state index in [4.69, 9.17) is 29.1 Å². The molecule has 27 heavy (non-hydrogen) atoms. The summed E-state index contributed by atoms with van der Waals surface area (Å²) in [7, 11) is 0. The van der Waals surface area contributed by atoms with E-state index in [0.717, 1.165) is 44.9 Å². The van der Waals surface area contributed by atoms with Gasteiger partial charge in [0.1, 0.15) is 0 Å². The summed E-state index contributed by atoms with van der Waals surface area (Å²) in [5.41, 5.74) is -0.506. The highest BCUT2D eigenvalue weighted by Crippen LogP contribution is 2.60. The lowest BCUT2D eigenvalue weighted by Gasteiger charge is -2.60. The molecule has 1 aliphatic carbocycles. The number of unbranched alkanes of at least 4 members (excludes halogenated alkanes) is 3. The zero-order chi connectivity index (χ0) is 19.1. The van der Waals surface area contributed by atoms with Crippen molar-refractivity contribution in [3.63, 3.8) is 0 Å². The summed E-state index contributed by atoms with van der Waals surface area (Å²) in [6, 6.07) is 0. The predicted molar refractivity (Wildman–Crippen MR) is 98.3 cm³/mol. The van der Waals surface area contributed by atoms with Crippen LogP contribution in [0.25, 0.3) is 0 Å². The van der Waals surface area contributed by atoms with Crippen molar-refractivity contribution in [3.8, 4) is 0 Å². The molecule has 0 aromatic heterocycles. The smallest absolute Gasteiger partial charge is 0.201 e. The number of rotatable bonds is 7. The van der Waals surface area contributed by atoms with Gasteiger partial charge in [-0.1, -0.05) is 26.7 Å². The first-order chi connectivity index (χ1) is 13.0. The summed E-state index contributed by atoms with van der Waals surface area (Å²) in [5.74, 6) is 0.805. The lowest BCUT2D eigenvalue weighted by molar-refractivity contribution is -0.577. The van der Waals surface area contributed by atoms with Crippen LogP contribution in [0, 0.1) is 23.7 Å². The van der Waals surface area contributed by atoms with E-state index >= 15 is 0 Å². The fraction of sp³-hybridized carbons (Fsp3) is 1.00. The lowest BCUT2D eigenvalue weighted by atomic mass is 9.58. The molecule has 8 atom stereocenters. The largest absolute Gasteiger partial charge is 0.396 e. The van der Waals surface area contributed by atoms with Gasteiger partial charge in [0.15, 0.2) is 18.2 Å². The molecule has 4 heterocycles. The Bertz CT molecular complexity index is 515. The van der Waals surface area contributed by atoms with Crippen LogP contribution in [0.15, 0.2) is 0 Å². The Balaban J connectivity index is 1.47. The zero-order valence-electron chi connectivity index (χ0n) is 17.0. The Labute approximate surface area is 162 Å². The topological polar surface area (TPSA) is 66.4 Å². The number of ether oxygens (including phenoxy) is 3. The number of hydrogen-bond donors (Lipinski definition) is 1. The van der Waals surface area contributed by atoms with Gasteiger partial charge in [0, 0.05) is 31.5 Å². The first kappa shape index (κ1) is 20.0. The number of hydrogen-bond acceptors (Lipinski definition) is 6. The van der Waals surface area contributed by atoms with Crippen LogP contribution >= 0.6 is 0 Å². The molecule has 0 aromatic carbocycles. The number of fused-ring (bicyclic) bond motifs is 2. The molecule has 1 saturated carbocycles. The molecule has 1 spiro atoms. The van der Waals surface area contributed by atoms with Crippen molar-refractivity contribution in [2.24, 2.45) is 23.7 Å². The van der Waals surface area contributed by atoms with Gasteiger partial charge in [-0.2, -0.15) is 0 Å². The van der Waals surface area contributed by atoms with Gasteiger partial charge in [-0.05, 0) is 50.9 Å². The summed E-state index contributed by atoms with van der Waals surface area (Å²) >= 11 is 0. The summed E-state index contributed by atoms with van der Waals surface area (Å²) in [6.07, 6.45) is 7.48. The minimum absolute atomic E-state index is 0.239. The quantitative estimate of drug-likeness (QED) is 0.532. The van der Waals surface area contributed by atoms with Gasteiger partial charge in [0.25, 0.3) is 0 Å². The summed E-state index contributed by atoms with van der Waals surface area (Å²) in [4.78, 5) is 12.0. The van der Waals surface area contributed by atoms with E-state index in [9.17, 15) is 0 Å². The van der Waals surface area contributed by atoms with Crippen LogP contribution in [-0.4, -0.2) is 42.3 Å². The molecule has 5 fully saturated rings. The molecule has 1 N–H and O–H groups in total. The molecule has 2 bridgehead atoms. The average Bonchev–Trinajstić information content (AvgIpc) is 2.88. The minimum atomic E-state index is -0.729. The van der Waals surface area contributed by atoms with Crippen LogP contribution in [0.5, 0.6) is 0 Å². The second-order valence-electron chi connectivity index (χ2n) is 9.28. The molecule has 5 aliphatic rings. The van der Waals surface area contributed by atoms with E-state index in [1.54, 1.807) is 0 Å². The molecular formula is C21H36O6. The van der Waals surface area contributed by atoms with Crippen LogP contribution in [0.4, 0.5) is 0 Å². The highest BCUT2D eigenvalue weighted by molar-refractivity contribution is 5.09. The van der Waals surface area contributed by atoms with Crippen LogP contribution < -0.4 is 0 Å². The highest BCUT2D eigenvalue weighted by atomic mass is 17.3. The number of aliphatic hydroxyl groups excluding tert-OH is 1. The van der Waals surface area contributed by atoms with E-state index in [2.05, 4.69) is 13.8 Å². The Morgan fingerprint density at radius 2 is 1.81 bits per heavy atom.